The van der Waals surface area contributed by atoms with Crippen LogP contribution < -0.4 is 20.1 Å². The Kier molecular flexibility index (Phi) is 6.07. The van der Waals surface area contributed by atoms with Gasteiger partial charge >= 0.3 is 6.03 Å². The Labute approximate surface area is 143 Å². The number of anilines is 1. The lowest BCUT2D eigenvalue weighted by Crippen LogP contribution is -2.37. The average Bonchev–Trinajstić information content (AvgIpc) is 2.55. The number of benzene rings is 2. The van der Waals surface area contributed by atoms with E-state index in [2.05, 4.69) is 10.6 Å². The summed E-state index contributed by atoms with van der Waals surface area (Å²) in [5.41, 5.74) is 2.81. The van der Waals surface area contributed by atoms with Gasteiger partial charge in [0.25, 0.3) is 0 Å². The van der Waals surface area contributed by atoms with Crippen LogP contribution in [0.1, 0.15) is 18.1 Å². The molecule has 0 radical (unpaired) electrons. The molecule has 0 aliphatic rings. The Morgan fingerprint density at radius 3 is 2.62 bits per heavy atom. The van der Waals surface area contributed by atoms with Crippen molar-refractivity contribution in [3.05, 3.63) is 53.6 Å². The second-order valence-electron chi connectivity index (χ2n) is 5.76. The first-order valence-corrected chi connectivity index (χ1v) is 7.87. The van der Waals surface area contributed by atoms with Gasteiger partial charge in [-0.05, 0) is 55.7 Å². The maximum Gasteiger partial charge on any atom is 0.319 e. The Morgan fingerprint density at radius 2 is 1.92 bits per heavy atom. The van der Waals surface area contributed by atoms with Crippen LogP contribution in [0.3, 0.4) is 0 Å². The molecular weight excluding hydrogens is 304 g/mol. The second-order valence-corrected chi connectivity index (χ2v) is 5.76. The highest BCUT2D eigenvalue weighted by Crippen LogP contribution is 2.25. The standard InChI is InChI=1S/C19H24N2O3/c1-13-8-9-18(24-4)17(10-13)21-19(22)20-14(2)11-15-6-5-7-16(12-15)23-3/h5-10,12,14H,11H2,1-4H3,(H2,20,21,22). The van der Waals surface area contributed by atoms with Crippen LogP contribution in [0.15, 0.2) is 42.5 Å². The van der Waals surface area contributed by atoms with Crippen molar-refractivity contribution in [3.63, 3.8) is 0 Å². The van der Waals surface area contributed by atoms with Gasteiger partial charge in [-0.3, -0.25) is 0 Å². The van der Waals surface area contributed by atoms with Crippen LogP contribution >= 0.6 is 0 Å². The van der Waals surface area contributed by atoms with E-state index in [0.717, 1.165) is 23.3 Å². The highest BCUT2D eigenvalue weighted by Gasteiger charge is 2.11. The molecule has 1 atom stereocenters. The number of hydrogen-bond donors (Lipinski definition) is 2. The number of methoxy groups -OCH3 is 2. The number of hydrogen-bond acceptors (Lipinski definition) is 3. The van der Waals surface area contributed by atoms with Crippen molar-refractivity contribution in [2.45, 2.75) is 26.3 Å². The summed E-state index contributed by atoms with van der Waals surface area (Å²) >= 11 is 0. The normalized spacial score (nSPS) is 11.5. The molecular formula is C19H24N2O3. The van der Waals surface area contributed by atoms with E-state index in [1.54, 1.807) is 14.2 Å². The minimum absolute atomic E-state index is 0.0205. The van der Waals surface area contributed by atoms with Crippen LogP contribution in [0, 0.1) is 6.92 Å². The Bertz CT molecular complexity index is 701. The zero-order chi connectivity index (χ0) is 17.5. The van der Waals surface area contributed by atoms with Gasteiger partial charge in [-0.15, -0.1) is 0 Å². The van der Waals surface area contributed by atoms with E-state index in [0.29, 0.717) is 11.4 Å². The molecule has 0 fully saturated rings. The van der Waals surface area contributed by atoms with E-state index >= 15 is 0 Å². The number of carbonyl (C=O) groups excluding carboxylic acids is 1. The number of amides is 2. The van der Waals surface area contributed by atoms with Crippen molar-refractivity contribution in [3.8, 4) is 11.5 Å². The fraction of sp³-hybridized carbons (Fsp3) is 0.316. The maximum absolute atomic E-state index is 12.2. The molecule has 0 heterocycles. The van der Waals surface area contributed by atoms with Gasteiger partial charge in [-0.2, -0.15) is 0 Å². The molecule has 128 valence electrons. The highest BCUT2D eigenvalue weighted by atomic mass is 16.5. The SMILES string of the molecule is COc1cccc(CC(C)NC(=O)Nc2cc(C)ccc2OC)c1. The predicted octanol–water partition coefficient (Wildman–Crippen LogP) is 3.76. The van der Waals surface area contributed by atoms with Gasteiger partial charge in [0.2, 0.25) is 0 Å². The molecule has 2 amide bonds. The summed E-state index contributed by atoms with van der Waals surface area (Å²) in [7, 11) is 3.22. The van der Waals surface area contributed by atoms with E-state index in [4.69, 9.17) is 9.47 Å². The largest absolute Gasteiger partial charge is 0.497 e. The summed E-state index contributed by atoms with van der Waals surface area (Å²) in [5, 5.41) is 5.78. The first-order valence-electron chi connectivity index (χ1n) is 7.87. The van der Waals surface area contributed by atoms with Crippen LogP contribution in [0.25, 0.3) is 0 Å². The smallest absolute Gasteiger partial charge is 0.319 e. The summed E-state index contributed by atoms with van der Waals surface area (Å²) in [6.45, 7) is 3.93. The molecule has 0 aliphatic carbocycles. The van der Waals surface area contributed by atoms with Crippen LogP contribution in [0.4, 0.5) is 10.5 Å². The molecule has 2 rings (SSSR count). The minimum atomic E-state index is -0.255. The molecule has 0 bridgehead atoms. The van der Waals surface area contributed by atoms with E-state index in [1.165, 1.54) is 0 Å². The average molecular weight is 328 g/mol. The molecule has 2 aromatic rings. The topological polar surface area (TPSA) is 59.6 Å². The molecule has 0 spiro atoms. The number of urea groups is 1. The number of ether oxygens (including phenoxy) is 2. The lowest BCUT2D eigenvalue weighted by atomic mass is 10.1. The summed E-state index contributed by atoms with van der Waals surface area (Å²) in [5.74, 6) is 1.45. The van der Waals surface area contributed by atoms with E-state index in [9.17, 15) is 4.79 Å². The molecule has 0 aliphatic heterocycles. The van der Waals surface area contributed by atoms with Crippen LogP contribution in [0.2, 0.25) is 0 Å². The monoisotopic (exact) mass is 328 g/mol. The summed E-state index contributed by atoms with van der Waals surface area (Å²) in [4.78, 5) is 12.2. The summed E-state index contributed by atoms with van der Waals surface area (Å²) < 4.78 is 10.5. The first-order chi connectivity index (χ1) is 11.5. The quantitative estimate of drug-likeness (QED) is 0.849. The van der Waals surface area contributed by atoms with Gasteiger partial charge in [0.15, 0.2) is 0 Å². The zero-order valence-electron chi connectivity index (χ0n) is 14.6. The Morgan fingerprint density at radius 1 is 1.12 bits per heavy atom. The van der Waals surface area contributed by atoms with Crippen molar-refractivity contribution < 1.29 is 14.3 Å². The maximum atomic E-state index is 12.2. The number of carbonyl (C=O) groups is 1. The van der Waals surface area contributed by atoms with Gasteiger partial charge in [0, 0.05) is 6.04 Å². The third-order valence-corrected chi connectivity index (χ3v) is 3.66. The third-order valence-electron chi connectivity index (χ3n) is 3.66. The molecule has 0 saturated heterocycles. The van der Waals surface area contributed by atoms with E-state index < -0.39 is 0 Å². The van der Waals surface area contributed by atoms with Crippen LogP contribution in [0.5, 0.6) is 11.5 Å². The lowest BCUT2D eigenvalue weighted by Gasteiger charge is -2.16. The molecule has 2 N–H and O–H groups in total. The predicted molar refractivity (Wildman–Crippen MR) is 96.0 cm³/mol. The van der Waals surface area contributed by atoms with E-state index in [-0.39, 0.29) is 12.1 Å². The summed E-state index contributed by atoms with van der Waals surface area (Å²) in [6, 6.07) is 13.2. The molecule has 24 heavy (non-hydrogen) atoms. The Hall–Kier alpha value is -2.69. The number of rotatable bonds is 6. The van der Waals surface area contributed by atoms with Crippen molar-refractivity contribution in [1.29, 1.82) is 0 Å². The molecule has 5 heteroatoms. The van der Waals surface area contributed by atoms with Crippen molar-refractivity contribution in [2.75, 3.05) is 19.5 Å². The van der Waals surface area contributed by atoms with Gasteiger partial charge in [-0.1, -0.05) is 18.2 Å². The summed E-state index contributed by atoms with van der Waals surface area (Å²) in [6.07, 6.45) is 0.718. The van der Waals surface area contributed by atoms with Gasteiger partial charge < -0.3 is 20.1 Å². The molecule has 0 saturated carbocycles. The number of nitrogens with one attached hydrogen (secondary N) is 2. The van der Waals surface area contributed by atoms with Gasteiger partial charge in [-0.25, -0.2) is 4.79 Å². The van der Waals surface area contributed by atoms with Crippen LogP contribution in [-0.4, -0.2) is 26.3 Å². The third kappa shape index (κ3) is 4.91. The molecule has 0 aromatic heterocycles. The fourth-order valence-corrected chi connectivity index (χ4v) is 2.51. The van der Waals surface area contributed by atoms with Gasteiger partial charge in [0.05, 0.1) is 19.9 Å². The fourth-order valence-electron chi connectivity index (χ4n) is 2.51. The number of aryl methyl sites for hydroxylation is 1. The minimum Gasteiger partial charge on any atom is -0.497 e. The molecule has 2 aromatic carbocycles. The van der Waals surface area contributed by atoms with E-state index in [1.807, 2.05) is 56.3 Å². The van der Waals surface area contributed by atoms with Crippen molar-refractivity contribution >= 4 is 11.7 Å². The molecule has 5 nitrogen and oxygen atoms in total. The Balaban J connectivity index is 1.95. The van der Waals surface area contributed by atoms with Crippen molar-refractivity contribution in [1.82, 2.24) is 5.32 Å². The van der Waals surface area contributed by atoms with Crippen LogP contribution in [-0.2, 0) is 6.42 Å². The second kappa shape index (κ2) is 8.24. The first kappa shape index (κ1) is 17.7. The molecule has 1 unspecified atom stereocenters. The van der Waals surface area contributed by atoms with Gasteiger partial charge in [0.1, 0.15) is 11.5 Å². The highest BCUT2D eigenvalue weighted by molar-refractivity contribution is 5.91. The lowest BCUT2D eigenvalue weighted by molar-refractivity contribution is 0.249. The zero-order valence-corrected chi connectivity index (χ0v) is 14.6. The van der Waals surface area contributed by atoms with Crippen molar-refractivity contribution in [2.24, 2.45) is 0 Å².